The quantitative estimate of drug-likeness (QED) is 0.0943. The second-order valence-corrected chi connectivity index (χ2v) is 16.2. The Morgan fingerprint density at radius 2 is 1.48 bits per heavy atom. The number of ketones is 1. The number of benzene rings is 3. The standard InChI is InChI=1S/C27H20NS2.C15H28O2.Ir/c1-27(2,3)21-15-17(14-16-6-4-5-7-18(16)21)25-26-20(10-12-28-25)24-19-11-13-29-22(19)8-9-23(24)30-26;1-7-14(5,8-2)12(16)11-13(17)15(6,9-3)10-4;/h4-13,15H,1-3H3;11,16H,7-10H2,1-6H3;/q-1;;/b;12-11-;. The summed E-state index contributed by atoms with van der Waals surface area (Å²) in [6.45, 7) is 18.9. The minimum absolute atomic E-state index is 0. The summed E-state index contributed by atoms with van der Waals surface area (Å²) in [5.74, 6) is 0.286. The van der Waals surface area contributed by atoms with Crippen molar-refractivity contribution in [3.8, 4) is 11.3 Å². The van der Waals surface area contributed by atoms with Crippen molar-refractivity contribution in [2.24, 2.45) is 10.8 Å². The van der Waals surface area contributed by atoms with Gasteiger partial charge in [-0.15, -0.1) is 51.8 Å². The second kappa shape index (κ2) is 14.9. The van der Waals surface area contributed by atoms with Gasteiger partial charge in [-0.2, -0.15) is 0 Å². The first-order valence-electron chi connectivity index (χ1n) is 16.9. The van der Waals surface area contributed by atoms with Gasteiger partial charge >= 0.3 is 0 Å². The summed E-state index contributed by atoms with van der Waals surface area (Å²) in [6, 6.07) is 23.5. The molecule has 0 bridgehead atoms. The number of hydrogen-bond acceptors (Lipinski definition) is 5. The maximum atomic E-state index is 12.2. The maximum Gasteiger partial charge on any atom is 0.164 e. The van der Waals surface area contributed by atoms with Crippen molar-refractivity contribution in [3.63, 3.8) is 0 Å². The van der Waals surface area contributed by atoms with Crippen molar-refractivity contribution in [1.29, 1.82) is 0 Å². The Hall–Kier alpha value is -2.89. The number of allylic oxidation sites excluding steroid dienone is 2. The van der Waals surface area contributed by atoms with Crippen molar-refractivity contribution in [3.05, 3.63) is 89.6 Å². The van der Waals surface area contributed by atoms with Crippen LogP contribution >= 0.6 is 22.7 Å². The molecule has 48 heavy (non-hydrogen) atoms. The molecule has 0 unspecified atom stereocenters. The van der Waals surface area contributed by atoms with Gasteiger partial charge in [-0.05, 0) is 66.1 Å². The summed E-state index contributed by atoms with van der Waals surface area (Å²) in [4.78, 5) is 17.0. The molecule has 0 atom stereocenters. The Kier molecular flexibility index (Phi) is 11.8. The summed E-state index contributed by atoms with van der Waals surface area (Å²) in [5, 5.41) is 18.7. The van der Waals surface area contributed by atoms with Crippen LogP contribution in [0.3, 0.4) is 0 Å². The normalized spacial score (nSPS) is 12.7. The van der Waals surface area contributed by atoms with Gasteiger partial charge in [-0.3, -0.25) is 9.78 Å². The average Bonchev–Trinajstić information content (AvgIpc) is 3.71. The number of aromatic nitrogens is 1. The van der Waals surface area contributed by atoms with E-state index in [9.17, 15) is 9.90 Å². The number of carbonyl (C=O) groups is 1. The molecule has 255 valence electrons. The molecule has 3 aromatic carbocycles. The number of nitrogens with zero attached hydrogens (tertiary/aromatic N) is 1. The summed E-state index contributed by atoms with van der Waals surface area (Å²) in [5.41, 5.74) is 2.90. The molecule has 3 aromatic heterocycles. The molecule has 1 radical (unpaired) electrons. The summed E-state index contributed by atoms with van der Waals surface area (Å²) in [7, 11) is 0. The monoisotopic (exact) mass is 855 g/mol. The molecule has 0 aliphatic rings. The van der Waals surface area contributed by atoms with Crippen LogP contribution in [-0.4, -0.2) is 15.9 Å². The van der Waals surface area contributed by atoms with Gasteiger partial charge in [0.1, 0.15) is 5.76 Å². The predicted octanol–water partition coefficient (Wildman–Crippen LogP) is 13.2. The van der Waals surface area contributed by atoms with Crippen LogP contribution in [0.5, 0.6) is 0 Å². The zero-order valence-electron chi connectivity index (χ0n) is 29.7. The van der Waals surface area contributed by atoms with Crippen LogP contribution in [0.1, 0.15) is 93.6 Å². The van der Waals surface area contributed by atoms with Crippen molar-refractivity contribution < 1.29 is 30.0 Å². The van der Waals surface area contributed by atoms with Crippen molar-refractivity contribution in [1.82, 2.24) is 4.98 Å². The third-order valence-electron chi connectivity index (χ3n) is 10.4. The van der Waals surface area contributed by atoms with Crippen LogP contribution in [0, 0.1) is 16.9 Å². The van der Waals surface area contributed by atoms with E-state index in [0.29, 0.717) is 0 Å². The average molecular weight is 855 g/mol. The van der Waals surface area contributed by atoms with Gasteiger partial charge in [-0.25, -0.2) is 0 Å². The van der Waals surface area contributed by atoms with E-state index in [0.717, 1.165) is 42.3 Å². The van der Waals surface area contributed by atoms with Crippen LogP contribution in [0.4, 0.5) is 0 Å². The van der Waals surface area contributed by atoms with Crippen LogP contribution in [0.15, 0.2) is 78.0 Å². The molecule has 6 aromatic rings. The zero-order chi connectivity index (χ0) is 34.1. The van der Waals surface area contributed by atoms with E-state index < -0.39 is 0 Å². The Morgan fingerprint density at radius 1 is 0.833 bits per heavy atom. The third kappa shape index (κ3) is 7.19. The number of carbonyl (C=O) groups excluding carboxylic acids is 1. The molecular formula is C42H48IrNO2S2-. The summed E-state index contributed by atoms with van der Waals surface area (Å²) < 4.78 is 3.91. The Balaban J connectivity index is 0.000000251. The number of aliphatic hydroxyl groups is 1. The first-order valence-corrected chi connectivity index (χ1v) is 18.6. The fourth-order valence-electron chi connectivity index (χ4n) is 6.10. The largest absolute Gasteiger partial charge is 0.512 e. The molecule has 0 amide bonds. The van der Waals surface area contributed by atoms with E-state index in [1.807, 2.05) is 59.1 Å². The molecule has 6 heteroatoms. The second-order valence-electron chi connectivity index (χ2n) is 14.2. The van der Waals surface area contributed by atoms with E-state index in [4.69, 9.17) is 4.98 Å². The molecule has 0 saturated carbocycles. The molecule has 3 heterocycles. The van der Waals surface area contributed by atoms with Gasteiger partial charge in [0.05, 0.1) is 0 Å². The molecule has 0 fully saturated rings. The van der Waals surface area contributed by atoms with Crippen molar-refractivity contribution >= 4 is 69.5 Å². The minimum atomic E-state index is -0.337. The van der Waals surface area contributed by atoms with Gasteiger partial charge in [0, 0.05) is 73.8 Å². The molecule has 1 N–H and O–H groups in total. The van der Waals surface area contributed by atoms with Crippen molar-refractivity contribution in [2.75, 3.05) is 0 Å². The minimum Gasteiger partial charge on any atom is -0.512 e. The SMILES string of the molecule is CC(C)(C)c1cc(-c2nccc3c2sc2ccc4sccc4c23)[c-]c2ccccc12.CCC(C)(CC)C(=O)/C=C(\O)C(C)(CC)CC.[Ir]. The smallest absolute Gasteiger partial charge is 0.164 e. The number of hydrogen-bond donors (Lipinski definition) is 1. The first-order chi connectivity index (χ1) is 22.3. The number of rotatable bonds is 8. The van der Waals surface area contributed by atoms with E-state index in [1.54, 1.807) is 11.3 Å². The number of thiophene rings is 2. The van der Waals surface area contributed by atoms with E-state index in [-0.39, 0.29) is 47.9 Å². The number of fused-ring (bicyclic) bond motifs is 6. The van der Waals surface area contributed by atoms with Gasteiger partial charge < -0.3 is 5.11 Å². The van der Waals surface area contributed by atoms with Crippen LogP contribution < -0.4 is 0 Å². The Labute approximate surface area is 307 Å². The zero-order valence-corrected chi connectivity index (χ0v) is 33.7. The first kappa shape index (κ1) is 37.9. The number of aliphatic hydroxyl groups excluding tert-OH is 1. The van der Waals surface area contributed by atoms with Crippen LogP contribution in [0.25, 0.3) is 52.3 Å². The molecule has 0 spiro atoms. The summed E-state index contributed by atoms with van der Waals surface area (Å²) in [6.07, 6.45) is 6.71. The molecular weight excluding hydrogens is 807 g/mol. The van der Waals surface area contributed by atoms with Gasteiger partial charge in [0.25, 0.3) is 0 Å². The van der Waals surface area contributed by atoms with Crippen molar-refractivity contribution in [2.45, 2.75) is 93.4 Å². The van der Waals surface area contributed by atoms with Crippen LogP contribution in [0.2, 0.25) is 0 Å². The van der Waals surface area contributed by atoms with E-state index >= 15 is 0 Å². The maximum absolute atomic E-state index is 12.2. The Morgan fingerprint density at radius 3 is 2.12 bits per heavy atom. The van der Waals surface area contributed by atoms with E-state index in [2.05, 4.69) is 86.8 Å². The molecule has 3 nitrogen and oxygen atoms in total. The third-order valence-corrected chi connectivity index (χ3v) is 12.5. The number of pyridine rings is 1. The topological polar surface area (TPSA) is 50.2 Å². The van der Waals surface area contributed by atoms with Gasteiger partial charge in [0.2, 0.25) is 0 Å². The molecule has 0 saturated heterocycles. The van der Waals surface area contributed by atoms with E-state index in [1.165, 1.54) is 47.3 Å². The Bertz CT molecular complexity index is 2090. The molecule has 6 rings (SSSR count). The van der Waals surface area contributed by atoms with Gasteiger partial charge in [0.15, 0.2) is 5.78 Å². The summed E-state index contributed by atoms with van der Waals surface area (Å²) >= 11 is 3.65. The molecule has 0 aliphatic heterocycles. The molecule has 0 aliphatic carbocycles. The fourth-order valence-corrected chi connectivity index (χ4v) is 8.11. The van der Waals surface area contributed by atoms with Crippen LogP contribution in [-0.2, 0) is 30.3 Å². The van der Waals surface area contributed by atoms with Gasteiger partial charge in [-0.1, -0.05) is 91.5 Å². The fraction of sp³-hybridized carbons (Fsp3) is 0.381. The predicted molar refractivity (Wildman–Crippen MR) is 206 cm³/mol.